The maximum absolute atomic E-state index is 11.2. The van der Waals surface area contributed by atoms with Crippen molar-refractivity contribution >= 4 is 11.7 Å². The topological polar surface area (TPSA) is 56.8 Å². The maximum Gasteiger partial charge on any atom is 0.309 e. The van der Waals surface area contributed by atoms with Crippen LogP contribution in [0.25, 0.3) is 0 Å². The first kappa shape index (κ1) is 14.8. The Hall–Kier alpha value is -1.59. The number of rotatable bonds is 5. The fourth-order valence-corrected chi connectivity index (χ4v) is 2.07. The van der Waals surface area contributed by atoms with Gasteiger partial charge in [0.05, 0.1) is 20.1 Å². The van der Waals surface area contributed by atoms with E-state index >= 15 is 0 Å². The van der Waals surface area contributed by atoms with Crippen LogP contribution in [0.4, 0.5) is 5.69 Å². The summed E-state index contributed by atoms with van der Waals surface area (Å²) in [6.07, 6.45) is 0.351. The number of hydrogen-bond donors (Lipinski definition) is 1. The van der Waals surface area contributed by atoms with Crippen LogP contribution in [0.15, 0.2) is 24.3 Å². The molecule has 0 spiro atoms. The van der Waals surface area contributed by atoms with Crippen molar-refractivity contribution in [1.82, 2.24) is 0 Å². The van der Waals surface area contributed by atoms with Gasteiger partial charge in [0.15, 0.2) is 5.79 Å². The third kappa shape index (κ3) is 4.21. The number of esters is 1. The van der Waals surface area contributed by atoms with Gasteiger partial charge in [-0.1, -0.05) is 12.1 Å². The average molecular weight is 279 g/mol. The van der Waals surface area contributed by atoms with Gasteiger partial charge in [-0.05, 0) is 31.5 Å². The van der Waals surface area contributed by atoms with Gasteiger partial charge < -0.3 is 19.5 Å². The number of carbonyl (C=O) groups is 1. The molecule has 1 fully saturated rings. The molecule has 0 aromatic heterocycles. The van der Waals surface area contributed by atoms with Crippen molar-refractivity contribution in [2.45, 2.75) is 32.2 Å². The lowest BCUT2D eigenvalue weighted by Crippen LogP contribution is -2.25. The Balaban J connectivity index is 1.81. The van der Waals surface area contributed by atoms with E-state index in [9.17, 15) is 4.79 Å². The minimum absolute atomic E-state index is 0.0553. The quantitative estimate of drug-likeness (QED) is 0.835. The van der Waals surface area contributed by atoms with Gasteiger partial charge >= 0.3 is 5.97 Å². The molecule has 0 saturated carbocycles. The second-order valence-electron chi connectivity index (χ2n) is 5.28. The summed E-state index contributed by atoms with van der Waals surface area (Å²) in [4.78, 5) is 11.2. The minimum atomic E-state index is -0.489. The smallest absolute Gasteiger partial charge is 0.309 e. The molecule has 2 rings (SSSR count). The number of hydrogen-bond acceptors (Lipinski definition) is 5. The van der Waals surface area contributed by atoms with Crippen LogP contribution in [-0.4, -0.2) is 38.1 Å². The average Bonchev–Trinajstić information content (AvgIpc) is 2.77. The third-order valence-electron chi connectivity index (χ3n) is 3.13. The minimum Gasteiger partial charge on any atom is -0.469 e. The molecule has 0 unspecified atom stereocenters. The molecule has 0 bridgehead atoms. The number of benzene rings is 1. The second-order valence-corrected chi connectivity index (χ2v) is 5.28. The lowest BCUT2D eigenvalue weighted by Gasteiger charge is -2.17. The summed E-state index contributed by atoms with van der Waals surface area (Å²) in [7, 11) is 1.39. The van der Waals surface area contributed by atoms with Crippen LogP contribution in [-0.2, 0) is 25.4 Å². The molecular formula is C15H21NO4. The summed E-state index contributed by atoms with van der Waals surface area (Å²) in [6.45, 7) is 5.11. The summed E-state index contributed by atoms with van der Waals surface area (Å²) in [5, 5.41) is 3.30. The van der Waals surface area contributed by atoms with Crippen molar-refractivity contribution in [3.63, 3.8) is 0 Å². The van der Waals surface area contributed by atoms with E-state index in [1.165, 1.54) is 7.11 Å². The zero-order chi connectivity index (χ0) is 14.6. The molecule has 1 aromatic carbocycles. The van der Waals surface area contributed by atoms with Crippen LogP contribution < -0.4 is 5.32 Å². The van der Waals surface area contributed by atoms with Gasteiger partial charge in [-0.15, -0.1) is 0 Å². The maximum atomic E-state index is 11.2. The molecule has 20 heavy (non-hydrogen) atoms. The number of ether oxygens (including phenoxy) is 3. The normalized spacial score (nSPS) is 20.6. The molecule has 0 amide bonds. The summed E-state index contributed by atoms with van der Waals surface area (Å²) in [5.41, 5.74) is 1.93. The third-order valence-corrected chi connectivity index (χ3v) is 3.13. The molecule has 1 aliphatic heterocycles. The van der Waals surface area contributed by atoms with Crippen molar-refractivity contribution in [1.29, 1.82) is 0 Å². The van der Waals surface area contributed by atoms with Crippen molar-refractivity contribution in [2.24, 2.45) is 0 Å². The van der Waals surface area contributed by atoms with Gasteiger partial charge in [0.2, 0.25) is 0 Å². The van der Waals surface area contributed by atoms with Crippen LogP contribution in [0.5, 0.6) is 0 Å². The first-order valence-electron chi connectivity index (χ1n) is 6.70. The van der Waals surface area contributed by atoms with Crippen LogP contribution >= 0.6 is 0 Å². The molecule has 110 valence electrons. The molecule has 1 heterocycles. The van der Waals surface area contributed by atoms with E-state index in [0.717, 1.165) is 11.3 Å². The Morgan fingerprint density at radius 1 is 1.40 bits per heavy atom. The predicted octanol–water partition coefficient (Wildman–Crippen LogP) is 1.97. The lowest BCUT2D eigenvalue weighted by atomic mass is 10.1. The summed E-state index contributed by atoms with van der Waals surface area (Å²) < 4.78 is 15.9. The zero-order valence-electron chi connectivity index (χ0n) is 12.1. The van der Waals surface area contributed by atoms with Crippen LogP contribution in [0.2, 0.25) is 0 Å². The molecule has 0 radical (unpaired) electrons. The molecule has 5 nitrogen and oxygen atoms in total. The van der Waals surface area contributed by atoms with E-state index in [4.69, 9.17) is 9.47 Å². The fraction of sp³-hybridized carbons (Fsp3) is 0.533. The molecule has 1 aromatic rings. The van der Waals surface area contributed by atoms with E-state index in [2.05, 4.69) is 10.1 Å². The zero-order valence-corrected chi connectivity index (χ0v) is 12.1. The molecule has 1 N–H and O–H groups in total. The summed E-state index contributed by atoms with van der Waals surface area (Å²) >= 11 is 0. The predicted molar refractivity (Wildman–Crippen MR) is 75.6 cm³/mol. The highest BCUT2D eigenvalue weighted by Gasteiger charge is 2.32. The standard InChI is InChI=1S/C15H21NO4/c1-15(2)19-10-13(20-15)9-16-12-6-4-11(5-7-12)8-14(17)18-3/h4-7,13,16H,8-10H2,1-3H3/t13-/m1/s1. The van der Waals surface area contributed by atoms with Crippen LogP contribution in [0.3, 0.4) is 0 Å². The largest absolute Gasteiger partial charge is 0.469 e. The van der Waals surface area contributed by atoms with E-state index < -0.39 is 5.79 Å². The van der Waals surface area contributed by atoms with E-state index in [1.807, 2.05) is 38.1 Å². The van der Waals surface area contributed by atoms with Crippen LogP contribution in [0.1, 0.15) is 19.4 Å². The van der Waals surface area contributed by atoms with E-state index in [0.29, 0.717) is 19.6 Å². The first-order chi connectivity index (χ1) is 9.48. The molecular weight excluding hydrogens is 258 g/mol. The number of carbonyl (C=O) groups excluding carboxylic acids is 1. The molecule has 1 saturated heterocycles. The van der Waals surface area contributed by atoms with Crippen molar-refractivity contribution in [3.05, 3.63) is 29.8 Å². The number of anilines is 1. The van der Waals surface area contributed by atoms with Crippen molar-refractivity contribution in [3.8, 4) is 0 Å². The van der Waals surface area contributed by atoms with Crippen molar-refractivity contribution < 1.29 is 19.0 Å². The Morgan fingerprint density at radius 3 is 2.65 bits per heavy atom. The Labute approximate surface area is 119 Å². The van der Waals surface area contributed by atoms with Gasteiger partial charge in [0, 0.05) is 12.2 Å². The van der Waals surface area contributed by atoms with E-state index in [-0.39, 0.29) is 12.1 Å². The Bertz CT molecular complexity index is 455. The number of methoxy groups -OCH3 is 1. The first-order valence-corrected chi connectivity index (χ1v) is 6.70. The molecule has 5 heteroatoms. The van der Waals surface area contributed by atoms with Crippen LogP contribution in [0, 0.1) is 0 Å². The van der Waals surface area contributed by atoms with Crippen molar-refractivity contribution in [2.75, 3.05) is 25.6 Å². The SMILES string of the molecule is COC(=O)Cc1ccc(NC[C@@H]2COC(C)(C)O2)cc1. The number of nitrogens with one attached hydrogen (secondary N) is 1. The molecule has 1 atom stereocenters. The highest BCUT2D eigenvalue weighted by molar-refractivity contribution is 5.72. The van der Waals surface area contributed by atoms with E-state index in [1.54, 1.807) is 0 Å². The van der Waals surface area contributed by atoms with Gasteiger partial charge in [-0.25, -0.2) is 0 Å². The highest BCUT2D eigenvalue weighted by Crippen LogP contribution is 2.22. The van der Waals surface area contributed by atoms with Gasteiger partial charge in [-0.3, -0.25) is 4.79 Å². The van der Waals surface area contributed by atoms with Gasteiger partial charge in [-0.2, -0.15) is 0 Å². The fourth-order valence-electron chi connectivity index (χ4n) is 2.07. The molecule has 1 aliphatic rings. The van der Waals surface area contributed by atoms with Gasteiger partial charge in [0.25, 0.3) is 0 Å². The lowest BCUT2D eigenvalue weighted by molar-refractivity contribution is -0.139. The highest BCUT2D eigenvalue weighted by atomic mass is 16.7. The Kier molecular flexibility index (Phi) is 4.62. The summed E-state index contributed by atoms with van der Waals surface area (Å²) in [6, 6.07) is 7.71. The molecule has 0 aliphatic carbocycles. The summed E-state index contributed by atoms with van der Waals surface area (Å²) in [5.74, 6) is -0.721. The second kappa shape index (κ2) is 6.24. The van der Waals surface area contributed by atoms with Gasteiger partial charge in [0.1, 0.15) is 6.10 Å². The Morgan fingerprint density at radius 2 is 2.10 bits per heavy atom. The monoisotopic (exact) mass is 279 g/mol.